The molecule has 210 valence electrons. The van der Waals surface area contributed by atoms with Gasteiger partial charge in [-0.05, 0) is 73.3 Å². The van der Waals surface area contributed by atoms with Crippen LogP contribution < -0.4 is 14.8 Å². The molecule has 0 aromatic heterocycles. The summed E-state index contributed by atoms with van der Waals surface area (Å²) in [5.41, 5.74) is 0.833. The van der Waals surface area contributed by atoms with Crippen molar-refractivity contribution >= 4 is 30.7 Å². The summed E-state index contributed by atoms with van der Waals surface area (Å²) in [5.74, 6) is 0.595. The van der Waals surface area contributed by atoms with E-state index in [9.17, 15) is 22.8 Å². The fourth-order valence-corrected chi connectivity index (χ4v) is 3.91. The Hall–Kier alpha value is -5.19. The summed E-state index contributed by atoms with van der Waals surface area (Å²) in [6.45, 7) is 4.88. The summed E-state index contributed by atoms with van der Waals surface area (Å²) in [6, 6.07) is 18.7. The predicted molar refractivity (Wildman–Crippen MR) is 149 cm³/mol. The van der Waals surface area contributed by atoms with E-state index >= 15 is 0 Å². The Kier molecular flexibility index (Phi) is 8.98. The van der Waals surface area contributed by atoms with Crippen LogP contribution in [0.15, 0.2) is 107 Å². The lowest BCUT2D eigenvalue weighted by molar-refractivity contribution is -0.138. The summed E-state index contributed by atoms with van der Waals surface area (Å²) < 4.78 is 50.2. The Labute approximate surface area is 234 Å². The van der Waals surface area contributed by atoms with E-state index in [1.165, 1.54) is 30.3 Å². The van der Waals surface area contributed by atoms with E-state index in [1.54, 1.807) is 60.8 Å². The maximum atomic E-state index is 13.0. The Morgan fingerprint density at radius 3 is 2.39 bits per heavy atom. The molecule has 41 heavy (non-hydrogen) atoms. The molecule has 0 unspecified atom stereocenters. The van der Waals surface area contributed by atoms with Gasteiger partial charge in [0.15, 0.2) is 0 Å². The highest BCUT2D eigenvalue weighted by atomic mass is 19.4. The van der Waals surface area contributed by atoms with Crippen LogP contribution in [-0.4, -0.2) is 36.5 Å². The molecule has 1 N–H and O–H groups in total. The van der Waals surface area contributed by atoms with Crippen LogP contribution in [0.2, 0.25) is 0 Å². The lowest BCUT2D eigenvalue weighted by Gasteiger charge is -2.14. The molecule has 3 aromatic carbocycles. The van der Waals surface area contributed by atoms with Gasteiger partial charge in [0.2, 0.25) is 11.8 Å². The lowest BCUT2D eigenvalue weighted by Crippen LogP contribution is -2.27. The lowest BCUT2D eigenvalue weighted by atomic mass is 10.0. The van der Waals surface area contributed by atoms with Crippen molar-refractivity contribution in [1.29, 1.82) is 0 Å². The molecule has 0 saturated heterocycles. The minimum absolute atomic E-state index is 0.0526. The van der Waals surface area contributed by atoms with Gasteiger partial charge in [0.25, 0.3) is 0 Å². The predicted octanol–water partition coefficient (Wildman–Crippen LogP) is 6.54. The number of ether oxygens (including phenoxy) is 2. The van der Waals surface area contributed by atoms with E-state index in [1.807, 2.05) is 6.07 Å². The van der Waals surface area contributed by atoms with E-state index < -0.39 is 17.8 Å². The molecular formula is C30H25F3N4O4. The minimum atomic E-state index is -4.44. The van der Waals surface area contributed by atoms with Crippen molar-refractivity contribution in [2.75, 3.05) is 11.9 Å². The molecule has 8 nitrogen and oxygen atoms in total. The summed E-state index contributed by atoms with van der Waals surface area (Å²) in [6.07, 6.45) is -0.680. The normalized spacial score (nSPS) is 14.2. The SMILES string of the molecule is C=NC=N/C(Oc1ccc(NC(=O)Cc2ccc(C(F)(F)F)c(C)c2)cc1)=C1/C=CN(C(=O)Oc2ccccc2)C1. The number of para-hydroxylation sites is 1. The molecule has 0 bridgehead atoms. The summed E-state index contributed by atoms with van der Waals surface area (Å²) in [5, 5.41) is 2.71. The second-order valence-electron chi connectivity index (χ2n) is 8.88. The van der Waals surface area contributed by atoms with Crippen LogP contribution in [0, 0.1) is 6.92 Å². The molecule has 0 fully saturated rings. The second-order valence-corrected chi connectivity index (χ2v) is 8.88. The van der Waals surface area contributed by atoms with Crippen molar-refractivity contribution < 1.29 is 32.2 Å². The number of benzene rings is 3. The number of anilines is 1. The van der Waals surface area contributed by atoms with Gasteiger partial charge < -0.3 is 14.8 Å². The van der Waals surface area contributed by atoms with Gasteiger partial charge in [0, 0.05) is 17.5 Å². The molecule has 1 aliphatic rings. The van der Waals surface area contributed by atoms with Crippen molar-refractivity contribution in [2.45, 2.75) is 19.5 Å². The molecular weight excluding hydrogens is 537 g/mol. The van der Waals surface area contributed by atoms with Crippen molar-refractivity contribution in [3.8, 4) is 11.5 Å². The van der Waals surface area contributed by atoms with Crippen molar-refractivity contribution in [1.82, 2.24) is 4.90 Å². The molecule has 0 saturated carbocycles. The van der Waals surface area contributed by atoms with E-state index in [0.717, 1.165) is 6.07 Å². The van der Waals surface area contributed by atoms with E-state index in [0.29, 0.717) is 28.3 Å². The van der Waals surface area contributed by atoms with Crippen LogP contribution in [-0.2, 0) is 17.4 Å². The topological polar surface area (TPSA) is 92.6 Å². The van der Waals surface area contributed by atoms with Crippen LogP contribution in [0.5, 0.6) is 11.5 Å². The van der Waals surface area contributed by atoms with Gasteiger partial charge in [0.05, 0.1) is 18.5 Å². The highest BCUT2D eigenvalue weighted by molar-refractivity contribution is 5.92. The van der Waals surface area contributed by atoms with Crippen LogP contribution in [0.25, 0.3) is 0 Å². The van der Waals surface area contributed by atoms with Crippen LogP contribution in [0.4, 0.5) is 23.7 Å². The van der Waals surface area contributed by atoms with Crippen LogP contribution in [0.3, 0.4) is 0 Å². The molecule has 0 aliphatic carbocycles. The third-order valence-electron chi connectivity index (χ3n) is 5.82. The molecule has 0 atom stereocenters. The van der Waals surface area contributed by atoms with Gasteiger partial charge in [-0.15, -0.1) is 0 Å². The number of hydrogen-bond donors (Lipinski definition) is 1. The first-order valence-electron chi connectivity index (χ1n) is 12.3. The molecule has 1 heterocycles. The number of rotatable bonds is 8. The standard InChI is InChI=1S/C30H25F3N4O4/c1-20-16-21(8-13-26(20)30(31,32)33)17-27(38)36-23-9-11-25(12-10-23)40-28(35-19-34-2)22-14-15-37(18-22)29(39)41-24-6-4-3-5-7-24/h3-16,19H,2,17-18H2,1H3,(H,36,38)/b28-22+,35-19?. The number of halogens is 3. The molecule has 0 spiro atoms. The van der Waals surface area contributed by atoms with Gasteiger partial charge in [-0.2, -0.15) is 13.2 Å². The number of carbonyl (C=O) groups is 2. The minimum Gasteiger partial charge on any atom is -0.439 e. The quantitative estimate of drug-likeness (QED) is 0.192. The Bertz CT molecular complexity index is 1510. The Morgan fingerprint density at radius 2 is 1.73 bits per heavy atom. The Balaban J connectivity index is 1.38. The molecule has 11 heteroatoms. The molecule has 1 aliphatic heterocycles. The Morgan fingerprint density at radius 1 is 1.02 bits per heavy atom. The fourth-order valence-electron chi connectivity index (χ4n) is 3.91. The van der Waals surface area contributed by atoms with E-state index in [4.69, 9.17) is 9.47 Å². The number of carbonyl (C=O) groups excluding carboxylic acids is 2. The second kappa shape index (κ2) is 12.8. The zero-order valence-corrected chi connectivity index (χ0v) is 21.9. The smallest absolute Gasteiger partial charge is 0.419 e. The molecule has 4 rings (SSSR count). The largest absolute Gasteiger partial charge is 0.439 e. The van der Waals surface area contributed by atoms with E-state index in [-0.39, 0.29) is 30.3 Å². The maximum absolute atomic E-state index is 13.0. The number of aryl methyl sites for hydroxylation is 1. The number of nitrogens with one attached hydrogen (secondary N) is 1. The number of hydrogen-bond acceptors (Lipinski definition) is 5. The number of nitrogens with zero attached hydrogens (tertiary/aromatic N) is 3. The summed E-state index contributed by atoms with van der Waals surface area (Å²) in [4.78, 5) is 34.1. The van der Waals surface area contributed by atoms with Crippen LogP contribution in [0.1, 0.15) is 16.7 Å². The summed E-state index contributed by atoms with van der Waals surface area (Å²) in [7, 11) is 0. The van der Waals surface area contributed by atoms with Gasteiger partial charge in [-0.1, -0.05) is 30.3 Å². The highest BCUT2D eigenvalue weighted by Crippen LogP contribution is 2.32. The third kappa shape index (κ3) is 7.91. The zero-order valence-electron chi connectivity index (χ0n) is 21.9. The zero-order chi connectivity index (χ0) is 29.4. The number of amides is 2. The summed E-state index contributed by atoms with van der Waals surface area (Å²) >= 11 is 0. The van der Waals surface area contributed by atoms with Crippen LogP contribution >= 0.6 is 0 Å². The molecule has 3 aromatic rings. The first kappa shape index (κ1) is 28.8. The highest BCUT2D eigenvalue weighted by Gasteiger charge is 2.32. The number of aliphatic imine (C=N–C) groups is 2. The first-order chi connectivity index (χ1) is 19.6. The van der Waals surface area contributed by atoms with Gasteiger partial charge >= 0.3 is 12.3 Å². The van der Waals surface area contributed by atoms with Gasteiger partial charge in [-0.25, -0.2) is 9.79 Å². The first-order valence-corrected chi connectivity index (χ1v) is 12.3. The van der Waals surface area contributed by atoms with Crippen molar-refractivity contribution in [3.05, 3.63) is 113 Å². The van der Waals surface area contributed by atoms with Crippen molar-refractivity contribution in [2.24, 2.45) is 9.98 Å². The molecule has 2 amide bonds. The average Bonchev–Trinajstić information content (AvgIpc) is 3.42. The monoisotopic (exact) mass is 562 g/mol. The van der Waals surface area contributed by atoms with Gasteiger partial charge in [0.1, 0.15) is 17.8 Å². The maximum Gasteiger partial charge on any atom is 0.419 e. The van der Waals surface area contributed by atoms with Gasteiger partial charge in [-0.3, -0.25) is 14.7 Å². The van der Waals surface area contributed by atoms with Crippen molar-refractivity contribution in [3.63, 3.8) is 0 Å². The molecule has 0 radical (unpaired) electrons. The van der Waals surface area contributed by atoms with E-state index in [2.05, 4.69) is 22.0 Å². The fraction of sp³-hybridized carbons (Fsp3) is 0.133. The third-order valence-corrected chi connectivity index (χ3v) is 5.82. The average molecular weight is 563 g/mol. The number of alkyl halides is 3.